The van der Waals surface area contributed by atoms with Gasteiger partial charge in [0.1, 0.15) is 17.4 Å². The Balaban J connectivity index is 1.25. The molecule has 1 aromatic heterocycles. The highest BCUT2D eigenvalue weighted by Gasteiger charge is 2.47. The van der Waals surface area contributed by atoms with Gasteiger partial charge in [-0.25, -0.2) is 8.78 Å². The quantitative estimate of drug-likeness (QED) is 0.320. The topological polar surface area (TPSA) is 96.8 Å². The Morgan fingerprint density at radius 2 is 1.56 bits per heavy atom. The van der Waals surface area contributed by atoms with Crippen LogP contribution in [0.1, 0.15) is 19.4 Å². The first kappa shape index (κ1) is 25.9. The van der Waals surface area contributed by atoms with Crippen molar-refractivity contribution in [3.63, 3.8) is 0 Å². The van der Waals surface area contributed by atoms with Crippen LogP contribution in [-0.4, -0.2) is 64.9 Å². The fourth-order valence-corrected chi connectivity index (χ4v) is 5.41. The Morgan fingerprint density at radius 3 is 2.23 bits per heavy atom. The molecule has 3 N–H and O–H groups in total. The number of ether oxygens (including phenoxy) is 3. The smallest absolute Gasteiger partial charge is 0.295 e. The van der Waals surface area contributed by atoms with E-state index in [1.807, 2.05) is 24.3 Å². The number of aliphatic hydroxyl groups excluding tert-OH is 2. The number of hydrogen-bond acceptors (Lipinski definition) is 6. The molecule has 4 atom stereocenters. The van der Waals surface area contributed by atoms with Gasteiger partial charge in [-0.2, -0.15) is 4.98 Å². The van der Waals surface area contributed by atoms with E-state index in [2.05, 4.69) is 16.9 Å². The number of hydrogen-bond donors (Lipinski definition) is 3. The van der Waals surface area contributed by atoms with Crippen LogP contribution < -0.4 is 4.74 Å². The molecule has 204 valence electrons. The predicted molar refractivity (Wildman–Crippen MR) is 141 cm³/mol. The maximum absolute atomic E-state index is 15.6. The molecule has 7 nitrogen and oxygen atoms in total. The van der Waals surface area contributed by atoms with Crippen molar-refractivity contribution in [3.05, 3.63) is 71.8 Å². The second-order valence-corrected chi connectivity index (χ2v) is 10.7. The van der Waals surface area contributed by atoms with E-state index in [1.165, 1.54) is 6.07 Å². The Kier molecular flexibility index (Phi) is 6.63. The van der Waals surface area contributed by atoms with Crippen molar-refractivity contribution in [2.75, 3.05) is 26.4 Å². The third kappa shape index (κ3) is 4.49. The molecule has 0 bridgehead atoms. The number of benzene rings is 3. The van der Waals surface area contributed by atoms with Crippen LogP contribution in [-0.2, 0) is 14.9 Å². The fourth-order valence-electron chi connectivity index (χ4n) is 5.41. The van der Waals surface area contributed by atoms with Crippen molar-refractivity contribution in [2.24, 2.45) is 5.92 Å². The Hall–Kier alpha value is -3.37. The van der Waals surface area contributed by atoms with Crippen LogP contribution in [0.4, 0.5) is 8.78 Å². The molecule has 0 radical (unpaired) electrons. The predicted octanol–water partition coefficient (Wildman–Crippen LogP) is 4.60. The summed E-state index contributed by atoms with van der Waals surface area (Å²) in [5.41, 5.74) is 2.25. The number of aliphatic hydroxyl groups is 2. The number of halogens is 2. The molecule has 0 saturated carbocycles. The van der Waals surface area contributed by atoms with Gasteiger partial charge in [0.25, 0.3) is 6.01 Å². The van der Waals surface area contributed by atoms with Crippen LogP contribution in [0.3, 0.4) is 0 Å². The molecule has 2 fully saturated rings. The summed E-state index contributed by atoms with van der Waals surface area (Å²) in [5, 5.41) is 19.3. The average molecular weight is 537 g/mol. The lowest BCUT2D eigenvalue weighted by atomic mass is 9.83. The first-order valence-electron chi connectivity index (χ1n) is 13.0. The highest BCUT2D eigenvalue weighted by molar-refractivity contribution is 5.84. The largest absolute Gasteiger partial charge is 0.456 e. The van der Waals surface area contributed by atoms with Crippen molar-refractivity contribution in [3.8, 4) is 28.3 Å². The number of aromatic amines is 1. The molecule has 0 amide bonds. The third-order valence-corrected chi connectivity index (χ3v) is 7.95. The first-order chi connectivity index (χ1) is 18.8. The Bertz CT molecular complexity index is 1480. The van der Waals surface area contributed by atoms with Crippen molar-refractivity contribution < 1.29 is 33.2 Å². The van der Waals surface area contributed by atoms with Crippen molar-refractivity contribution >= 4 is 11.0 Å². The summed E-state index contributed by atoms with van der Waals surface area (Å²) < 4.78 is 48.3. The van der Waals surface area contributed by atoms with Gasteiger partial charge in [-0.05, 0) is 22.3 Å². The number of fused-ring (bicyclic) bond motifs is 2. The minimum atomic E-state index is -0.771. The summed E-state index contributed by atoms with van der Waals surface area (Å²) in [4.78, 5) is 7.15. The summed E-state index contributed by atoms with van der Waals surface area (Å²) in [6, 6.07) is 15.7. The highest BCUT2D eigenvalue weighted by atomic mass is 19.1. The van der Waals surface area contributed by atoms with Crippen molar-refractivity contribution in [1.29, 1.82) is 0 Å². The zero-order valence-corrected chi connectivity index (χ0v) is 21.7. The van der Waals surface area contributed by atoms with Crippen molar-refractivity contribution in [2.45, 2.75) is 37.6 Å². The SMILES string of the molecule is C[C@@H]1CO[C@H]2[C@@H]1OC[C@H]2Oc1nc2c(F)c(-c3ccc(-c4ccc(C(C)(CO)CO)cc4)cc3)c(F)cc2[nH]1. The molecule has 0 aliphatic carbocycles. The minimum Gasteiger partial charge on any atom is -0.456 e. The van der Waals surface area contributed by atoms with Gasteiger partial charge >= 0.3 is 0 Å². The Labute approximate surface area is 224 Å². The lowest BCUT2D eigenvalue weighted by molar-refractivity contribution is 0.0262. The van der Waals surface area contributed by atoms with Crippen LogP contribution in [0.2, 0.25) is 0 Å². The summed E-state index contributed by atoms with van der Waals surface area (Å²) in [6.45, 7) is 4.43. The summed E-state index contributed by atoms with van der Waals surface area (Å²) in [7, 11) is 0. The molecule has 3 heterocycles. The molecular formula is C30H30F2N2O5. The molecule has 6 rings (SSSR count). The maximum Gasteiger partial charge on any atom is 0.295 e. The van der Waals surface area contributed by atoms with Gasteiger partial charge < -0.3 is 29.4 Å². The summed E-state index contributed by atoms with van der Waals surface area (Å²) >= 11 is 0. The molecule has 0 spiro atoms. The number of imidazole rings is 1. The summed E-state index contributed by atoms with van der Waals surface area (Å²) in [6.07, 6.45) is -0.633. The minimum absolute atomic E-state index is 0.00643. The van der Waals surface area contributed by atoms with Crippen molar-refractivity contribution in [1.82, 2.24) is 9.97 Å². The van der Waals surface area contributed by atoms with Gasteiger partial charge in [-0.15, -0.1) is 0 Å². The average Bonchev–Trinajstić information content (AvgIpc) is 3.66. The first-order valence-corrected chi connectivity index (χ1v) is 13.0. The van der Waals surface area contributed by atoms with Gasteiger partial charge in [0.05, 0.1) is 43.6 Å². The maximum atomic E-state index is 15.6. The van der Waals surface area contributed by atoms with Gasteiger partial charge in [0.15, 0.2) is 11.9 Å². The van der Waals surface area contributed by atoms with E-state index in [-0.39, 0.29) is 60.1 Å². The third-order valence-electron chi connectivity index (χ3n) is 7.95. The van der Waals surface area contributed by atoms with Gasteiger partial charge in [-0.3, -0.25) is 0 Å². The number of nitrogens with zero attached hydrogens (tertiary/aromatic N) is 1. The molecule has 39 heavy (non-hydrogen) atoms. The number of aromatic nitrogens is 2. The molecule has 0 unspecified atom stereocenters. The molecule has 2 saturated heterocycles. The molecule has 9 heteroatoms. The van der Waals surface area contributed by atoms with E-state index in [0.29, 0.717) is 18.8 Å². The van der Waals surface area contributed by atoms with E-state index in [4.69, 9.17) is 14.2 Å². The van der Waals surface area contributed by atoms with Crippen LogP contribution in [0.5, 0.6) is 6.01 Å². The number of rotatable bonds is 7. The molecule has 3 aromatic carbocycles. The highest BCUT2D eigenvalue weighted by Crippen LogP contribution is 2.36. The normalized spacial score (nSPS) is 22.9. The van der Waals surface area contributed by atoms with E-state index in [0.717, 1.165) is 16.7 Å². The monoisotopic (exact) mass is 536 g/mol. The molecule has 2 aliphatic rings. The van der Waals surface area contributed by atoms with E-state index < -0.39 is 17.0 Å². The lowest BCUT2D eigenvalue weighted by Gasteiger charge is -2.25. The van der Waals surface area contributed by atoms with Crippen LogP contribution in [0, 0.1) is 17.6 Å². The summed E-state index contributed by atoms with van der Waals surface area (Å²) in [5.74, 6) is -1.21. The van der Waals surface area contributed by atoms with Crippen LogP contribution >= 0.6 is 0 Å². The van der Waals surface area contributed by atoms with Crippen LogP contribution in [0.25, 0.3) is 33.3 Å². The van der Waals surface area contributed by atoms with Gasteiger partial charge in [0, 0.05) is 17.4 Å². The fraction of sp³-hybridized carbons (Fsp3) is 0.367. The van der Waals surface area contributed by atoms with Gasteiger partial charge in [-0.1, -0.05) is 62.4 Å². The van der Waals surface area contributed by atoms with Crippen LogP contribution in [0.15, 0.2) is 54.6 Å². The van der Waals surface area contributed by atoms with E-state index in [1.54, 1.807) is 31.2 Å². The van der Waals surface area contributed by atoms with Gasteiger partial charge in [0.2, 0.25) is 0 Å². The lowest BCUT2D eigenvalue weighted by Crippen LogP contribution is -2.33. The zero-order valence-electron chi connectivity index (χ0n) is 21.7. The standard InChI is InChI=1S/C30H30F2N2O5/c1-16-12-37-28-23(13-38-27(16)28)39-29-33-22-11-21(31)24(25(32)26(22)34-29)19-5-3-17(4-6-19)18-7-9-20(10-8-18)30(2,14-35)15-36/h3-11,16,23,27-28,35-36H,12-15H2,1-2H3,(H,33,34)/t16-,23-,27-,28-/m1/s1. The molecular weight excluding hydrogens is 506 g/mol. The molecule has 4 aromatic rings. The number of H-pyrrole nitrogens is 1. The second-order valence-electron chi connectivity index (χ2n) is 10.7. The Morgan fingerprint density at radius 1 is 0.949 bits per heavy atom. The van der Waals surface area contributed by atoms with E-state index in [9.17, 15) is 10.2 Å². The van der Waals surface area contributed by atoms with E-state index >= 15 is 8.78 Å². The second kappa shape index (κ2) is 9.98. The molecule has 2 aliphatic heterocycles. The number of nitrogens with one attached hydrogen (secondary N) is 1. The zero-order chi connectivity index (χ0) is 27.3.